The summed E-state index contributed by atoms with van der Waals surface area (Å²) in [6.07, 6.45) is 6.03. The van der Waals surface area contributed by atoms with E-state index >= 15 is 0 Å². The van der Waals surface area contributed by atoms with Gasteiger partial charge in [-0.15, -0.1) is 0 Å². The molecule has 1 N–H and O–H groups in total. The summed E-state index contributed by atoms with van der Waals surface area (Å²) in [7, 11) is 0. The highest BCUT2D eigenvalue weighted by Crippen LogP contribution is 2.17. The van der Waals surface area contributed by atoms with Crippen LogP contribution < -0.4 is 0 Å². The average molecular weight is 230 g/mol. The molecule has 0 radical (unpaired) electrons. The van der Waals surface area contributed by atoms with Gasteiger partial charge in [-0.25, -0.2) is 0 Å². The summed E-state index contributed by atoms with van der Waals surface area (Å²) in [4.78, 5) is 0. The summed E-state index contributed by atoms with van der Waals surface area (Å²) < 4.78 is 5.54. The summed E-state index contributed by atoms with van der Waals surface area (Å²) >= 11 is 0. The lowest BCUT2D eigenvalue weighted by Gasteiger charge is -2.20. The smallest absolute Gasteiger partial charge is 0.154 e. The fourth-order valence-electron chi connectivity index (χ4n) is 2.04. The van der Waals surface area contributed by atoms with Gasteiger partial charge in [-0.1, -0.05) is 53.4 Å². The third-order valence-corrected chi connectivity index (χ3v) is 3.49. The molecule has 16 heavy (non-hydrogen) atoms. The lowest BCUT2D eigenvalue weighted by Crippen LogP contribution is -2.20. The maximum absolute atomic E-state index is 9.77. The molecule has 98 valence electrons. The van der Waals surface area contributed by atoms with Gasteiger partial charge in [-0.2, -0.15) is 0 Å². The highest BCUT2D eigenvalue weighted by atomic mass is 16.6. The molecule has 0 heterocycles. The topological polar surface area (TPSA) is 29.5 Å². The molecule has 0 aliphatic carbocycles. The first kappa shape index (κ1) is 15.9. The molecule has 0 aliphatic rings. The first-order valence-electron chi connectivity index (χ1n) is 6.97. The van der Waals surface area contributed by atoms with Crippen LogP contribution in [0.25, 0.3) is 0 Å². The van der Waals surface area contributed by atoms with E-state index < -0.39 is 6.29 Å². The van der Waals surface area contributed by atoms with Crippen molar-refractivity contribution in [1.82, 2.24) is 0 Å². The minimum absolute atomic E-state index is 0.559. The quantitative estimate of drug-likeness (QED) is 0.575. The zero-order valence-electron chi connectivity index (χ0n) is 11.5. The third kappa shape index (κ3) is 7.24. The van der Waals surface area contributed by atoms with E-state index in [0.29, 0.717) is 18.4 Å². The Morgan fingerprint density at radius 1 is 0.938 bits per heavy atom. The second-order valence-electron chi connectivity index (χ2n) is 4.77. The Morgan fingerprint density at radius 2 is 1.50 bits per heavy atom. The van der Waals surface area contributed by atoms with Crippen molar-refractivity contribution in [3.05, 3.63) is 0 Å². The van der Waals surface area contributed by atoms with E-state index in [-0.39, 0.29) is 0 Å². The molecule has 0 aliphatic heterocycles. The number of aliphatic hydroxyl groups is 1. The van der Waals surface area contributed by atoms with Gasteiger partial charge in [0.05, 0.1) is 6.61 Å². The highest BCUT2D eigenvalue weighted by Gasteiger charge is 2.13. The Hall–Kier alpha value is -0.0800. The molecule has 0 rings (SSSR count). The number of hydrogen-bond donors (Lipinski definition) is 1. The van der Waals surface area contributed by atoms with Crippen LogP contribution in [-0.4, -0.2) is 18.0 Å². The van der Waals surface area contributed by atoms with Crippen LogP contribution in [0.3, 0.4) is 0 Å². The van der Waals surface area contributed by atoms with Gasteiger partial charge in [0, 0.05) is 6.42 Å². The Balaban J connectivity index is 3.73. The second kappa shape index (κ2) is 10.1. The van der Waals surface area contributed by atoms with Crippen LogP contribution in [0.4, 0.5) is 0 Å². The Labute approximate surface area is 101 Å². The summed E-state index contributed by atoms with van der Waals surface area (Å²) in [5, 5.41) is 9.77. The van der Waals surface area contributed by atoms with Gasteiger partial charge in [0.25, 0.3) is 0 Å². The van der Waals surface area contributed by atoms with Crippen molar-refractivity contribution in [2.45, 2.75) is 72.5 Å². The van der Waals surface area contributed by atoms with Gasteiger partial charge in [-0.3, -0.25) is 0 Å². The van der Waals surface area contributed by atoms with Gasteiger partial charge in [0.1, 0.15) is 0 Å². The summed E-state index contributed by atoms with van der Waals surface area (Å²) in [6.45, 7) is 9.45. The molecule has 0 aromatic heterocycles. The van der Waals surface area contributed by atoms with Crippen molar-refractivity contribution in [2.75, 3.05) is 6.61 Å². The minimum Gasteiger partial charge on any atom is -0.368 e. The summed E-state index contributed by atoms with van der Waals surface area (Å²) in [5.74, 6) is 1.21. The first-order chi connectivity index (χ1) is 7.67. The number of ether oxygens (including phenoxy) is 1. The normalized spacial score (nSPS) is 15.4. The SMILES string of the molecule is CCCC(CC)COC(O)CC(CC)CC. The van der Waals surface area contributed by atoms with Crippen LogP contribution >= 0.6 is 0 Å². The average Bonchev–Trinajstić information content (AvgIpc) is 2.31. The molecule has 0 aromatic rings. The summed E-state index contributed by atoms with van der Waals surface area (Å²) in [5.41, 5.74) is 0. The van der Waals surface area contributed by atoms with E-state index in [2.05, 4.69) is 27.7 Å². The number of hydrogen-bond acceptors (Lipinski definition) is 2. The van der Waals surface area contributed by atoms with Gasteiger partial charge < -0.3 is 9.84 Å². The molecule has 0 saturated carbocycles. The molecule has 0 amide bonds. The molecule has 0 bridgehead atoms. The minimum atomic E-state index is -0.559. The van der Waals surface area contributed by atoms with Crippen LogP contribution in [0, 0.1) is 11.8 Å². The first-order valence-corrected chi connectivity index (χ1v) is 6.97. The van der Waals surface area contributed by atoms with Crippen LogP contribution in [0.1, 0.15) is 66.2 Å². The van der Waals surface area contributed by atoms with Gasteiger partial charge in [-0.05, 0) is 18.3 Å². The zero-order valence-corrected chi connectivity index (χ0v) is 11.5. The van der Waals surface area contributed by atoms with Gasteiger partial charge >= 0.3 is 0 Å². The largest absolute Gasteiger partial charge is 0.368 e. The van der Waals surface area contributed by atoms with Crippen molar-refractivity contribution in [3.8, 4) is 0 Å². The molecule has 2 unspecified atom stereocenters. The van der Waals surface area contributed by atoms with E-state index in [1.807, 2.05) is 0 Å². The Bertz CT molecular complexity index is 144. The van der Waals surface area contributed by atoms with E-state index in [0.717, 1.165) is 25.7 Å². The van der Waals surface area contributed by atoms with Gasteiger partial charge in [0.2, 0.25) is 0 Å². The molecular formula is C14H30O2. The lowest BCUT2D eigenvalue weighted by molar-refractivity contribution is -0.122. The molecular weight excluding hydrogens is 200 g/mol. The van der Waals surface area contributed by atoms with Crippen molar-refractivity contribution in [2.24, 2.45) is 11.8 Å². The van der Waals surface area contributed by atoms with Crippen LogP contribution in [0.2, 0.25) is 0 Å². The molecule has 0 fully saturated rings. The van der Waals surface area contributed by atoms with E-state index in [1.165, 1.54) is 12.8 Å². The van der Waals surface area contributed by atoms with E-state index in [9.17, 15) is 5.11 Å². The maximum Gasteiger partial charge on any atom is 0.154 e. The zero-order chi connectivity index (χ0) is 12.4. The number of rotatable bonds is 10. The predicted molar refractivity (Wildman–Crippen MR) is 69.3 cm³/mol. The van der Waals surface area contributed by atoms with Crippen LogP contribution in [0.5, 0.6) is 0 Å². The highest BCUT2D eigenvalue weighted by molar-refractivity contribution is 4.59. The van der Waals surface area contributed by atoms with Crippen molar-refractivity contribution in [3.63, 3.8) is 0 Å². The van der Waals surface area contributed by atoms with E-state index in [1.54, 1.807) is 0 Å². The molecule has 0 spiro atoms. The molecule has 2 heteroatoms. The fourth-order valence-corrected chi connectivity index (χ4v) is 2.04. The molecule has 0 aromatic carbocycles. The molecule has 2 nitrogen and oxygen atoms in total. The Morgan fingerprint density at radius 3 is 1.94 bits per heavy atom. The molecule has 2 atom stereocenters. The second-order valence-corrected chi connectivity index (χ2v) is 4.77. The van der Waals surface area contributed by atoms with Crippen molar-refractivity contribution in [1.29, 1.82) is 0 Å². The monoisotopic (exact) mass is 230 g/mol. The van der Waals surface area contributed by atoms with Crippen molar-refractivity contribution >= 4 is 0 Å². The summed E-state index contributed by atoms with van der Waals surface area (Å²) in [6, 6.07) is 0. The number of aliphatic hydroxyl groups excluding tert-OH is 1. The van der Waals surface area contributed by atoms with Gasteiger partial charge in [0.15, 0.2) is 6.29 Å². The van der Waals surface area contributed by atoms with E-state index in [4.69, 9.17) is 4.74 Å². The predicted octanol–water partition coefficient (Wildman–Crippen LogP) is 3.97. The lowest BCUT2D eigenvalue weighted by atomic mass is 9.99. The standard InChI is InChI=1S/C14H30O2/c1-5-9-13(8-4)11-16-14(15)10-12(6-2)7-3/h12-15H,5-11H2,1-4H3. The maximum atomic E-state index is 9.77. The van der Waals surface area contributed by atoms with Crippen LogP contribution in [0.15, 0.2) is 0 Å². The van der Waals surface area contributed by atoms with Crippen molar-refractivity contribution < 1.29 is 9.84 Å². The molecule has 0 saturated heterocycles. The third-order valence-electron chi connectivity index (χ3n) is 3.49. The Kier molecular flexibility index (Phi) is 10.0. The van der Waals surface area contributed by atoms with Crippen LogP contribution in [-0.2, 0) is 4.74 Å². The fraction of sp³-hybridized carbons (Fsp3) is 1.00.